The molecule has 7 heteroatoms. The van der Waals surface area contributed by atoms with E-state index in [1.54, 1.807) is 0 Å². The smallest absolute Gasteiger partial charge is 0.331 e. The molecule has 1 rings (SSSR count). The van der Waals surface area contributed by atoms with Gasteiger partial charge in [0, 0.05) is 5.38 Å². The maximum absolute atomic E-state index is 12.8. The number of carbonyl (C=O) groups excluding carboxylic acids is 1. The van der Waals surface area contributed by atoms with Crippen LogP contribution in [0.25, 0.3) is 0 Å². The SMILES string of the molecule is NC(=O)C(O)(F)c1csnn1. The largest absolute Gasteiger partial charge is 0.364 e. The second-order valence-electron chi connectivity index (χ2n) is 1.78. The molecule has 1 unspecified atom stereocenters. The van der Waals surface area contributed by atoms with Crippen LogP contribution >= 0.6 is 11.5 Å². The number of nitrogens with zero attached hydrogens (tertiary/aromatic N) is 2. The zero-order valence-corrected chi connectivity index (χ0v) is 6.01. The second-order valence-corrected chi connectivity index (χ2v) is 2.39. The molecule has 0 aliphatic carbocycles. The molecule has 0 aliphatic rings. The molecule has 0 saturated carbocycles. The Morgan fingerprint density at radius 3 is 2.91 bits per heavy atom. The molecule has 5 nitrogen and oxygen atoms in total. The van der Waals surface area contributed by atoms with Crippen LogP contribution in [0, 0.1) is 0 Å². The highest BCUT2D eigenvalue weighted by molar-refractivity contribution is 7.03. The van der Waals surface area contributed by atoms with E-state index in [0.29, 0.717) is 0 Å². The van der Waals surface area contributed by atoms with Gasteiger partial charge in [0.05, 0.1) is 0 Å². The van der Waals surface area contributed by atoms with Crippen molar-refractivity contribution in [3.8, 4) is 0 Å². The van der Waals surface area contributed by atoms with Crippen molar-refractivity contribution >= 4 is 17.4 Å². The number of alkyl halides is 1. The number of hydrogen-bond acceptors (Lipinski definition) is 5. The summed E-state index contributed by atoms with van der Waals surface area (Å²) in [7, 11) is 0. The standard InChI is InChI=1S/C4H4FN3O2S/c5-4(10,3(6)9)2-1-11-8-7-2/h1,10H,(H2,6,9). The molecule has 0 aromatic carbocycles. The van der Waals surface area contributed by atoms with Crippen LogP contribution in [0.15, 0.2) is 5.38 Å². The van der Waals surface area contributed by atoms with Gasteiger partial charge in [-0.3, -0.25) is 4.79 Å². The summed E-state index contributed by atoms with van der Waals surface area (Å²) in [6.07, 6.45) is 0. The van der Waals surface area contributed by atoms with Crippen LogP contribution in [0.5, 0.6) is 0 Å². The summed E-state index contributed by atoms with van der Waals surface area (Å²) in [6.45, 7) is 0. The van der Waals surface area contributed by atoms with Gasteiger partial charge in [-0.15, -0.1) is 5.10 Å². The van der Waals surface area contributed by atoms with Crippen LogP contribution in [-0.4, -0.2) is 20.6 Å². The van der Waals surface area contributed by atoms with Gasteiger partial charge in [0.15, 0.2) is 0 Å². The van der Waals surface area contributed by atoms with E-state index in [1.807, 2.05) is 0 Å². The first kappa shape index (κ1) is 8.02. The van der Waals surface area contributed by atoms with Crippen LogP contribution in [0.3, 0.4) is 0 Å². The molecule has 0 saturated heterocycles. The van der Waals surface area contributed by atoms with Gasteiger partial charge < -0.3 is 10.8 Å². The molecule has 0 bridgehead atoms. The number of rotatable bonds is 2. The molecule has 1 aromatic rings. The minimum Gasteiger partial charge on any atom is -0.364 e. The third-order valence-corrected chi connectivity index (χ3v) is 1.53. The molecule has 11 heavy (non-hydrogen) atoms. The minimum absolute atomic E-state index is 0.477. The van der Waals surface area contributed by atoms with Gasteiger partial charge in [-0.05, 0) is 11.5 Å². The fraction of sp³-hybridized carbons (Fsp3) is 0.250. The lowest BCUT2D eigenvalue weighted by atomic mass is 10.2. The minimum atomic E-state index is -3.20. The average molecular weight is 177 g/mol. The Morgan fingerprint density at radius 1 is 1.91 bits per heavy atom. The number of carbonyl (C=O) groups is 1. The lowest BCUT2D eigenvalue weighted by molar-refractivity contribution is -0.160. The lowest BCUT2D eigenvalue weighted by Gasteiger charge is -2.09. The Balaban J connectivity index is 3.00. The molecule has 0 radical (unpaired) electrons. The van der Waals surface area contributed by atoms with Crippen molar-refractivity contribution in [3.05, 3.63) is 11.1 Å². The highest BCUT2D eigenvalue weighted by Gasteiger charge is 2.38. The summed E-state index contributed by atoms with van der Waals surface area (Å²) in [6, 6.07) is 0. The van der Waals surface area contributed by atoms with E-state index < -0.39 is 17.5 Å². The Morgan fingerprint density at radius 2 is 2.55 bits per heavy atom. The zero-order chi connectivity index (χ0) is 8.48. The van der Waals surface area contributed by atoms with E-state index in [-0.39, 0.29) is 0 Å². The number of aromatic nitrogens is 2. The van der Waals surface area contributed by atoms with Crippen molar-refractivity contribution in [2.24, 2.45) is 5.73 Å². The third-order valence-electron chi connectivity index (χ3n) is 1.03. The quantitative estimate of drug-likeness (QED) is 0.615. The molecule has 0 spiro atoms. The van der Waals surface area contributed by atoms with Crippen LogP contribution in [0.2, 0.25) is 0 Å². The summed E-state index contributed by atoms with van der Waals surface area (Å²) in [4.78, 5) is 10.3. The number of halogens is 1. The first-order valence-electron chi connectivity index (χ1n) is 2.54. The average Bonchev–Trinajstić information content (AvgIpc) is 2.37. The molecular formula is C4H4FN3O2S. The van der Waals surface area contributed by atoms with E-state index in [1.165, 1.54) is 0 Å². The second kappa shape index (κ2) is 2.51. The number of primary amides is 1. The van der Waals surface area contributed by atoms with E-state index in [2.05, 4.69) is 15.3 Å². The van der Waals surface area contributed by atoms with Crippen molar-refractivity contribution in [3.63, 3.8) is 0 Å². The summed E-state index contributed by atoms with van der Waals surface area (Å²) in [5.74, 6) is -4.70. The lowest BCUT2D eigenvalue weighted by Crippen LogP contribution is -2.37. The van der Waals surface area contributed by atoms with Crippen molar-refractivity contribution in [2.45, 2.75) is 5.85 Å². The van der Waals surface area contributed by atoms with Gasteiger partial charge in [-0.1, -0.05) is 4.49 Å². The number of hydrogen-bond donors (Lipinski definition) is 2. The maximum atomic E-state index is 12.8. The Hall–Kier alpha value is -1.08. The highest BCUT2D eigenvalue weighted by atomic mass is 32.1. The molecule has 1 aromatic heterocycles. The Labute approximate surface area is 64.8 Å². The molecular weight excluding hydrogens is 173 g/mol. The predicted molar refractivity (Wildman–Crippen MR) is 34.1 cm³/mol. The molecule has 0 fully saturated rings. The normalized spacial score (nSPS) is 15.8. The topological polar surface area (TPSA) is 89.1 Å². The van der Waals surface area contributed by atoms with E-state index in [4.69, 9.17) is 5.11 Å². The van der Waals surface area contributed by atoms with Crippen molar-refractivity contribution in [1.82, 2.24) is 9.59 Å². The van der Waals surface area contributed by atoms with Gasteiger partial charge in [-0.2, -0.15) is 4.39 Å². The van der Waals surface area contributed by atoms with Gasteiger partial charge in [0.2, 0.25) is 0 Å². The first-order chi connectivity index (χ1) is 5.05. The zero-order valence-electron chi connectivity index (χ0n) is 5.19. The summed E-state index contributed by atoms with van der Waals surface area (Å²) in [5, 5.41) is 13.0. The molecule has 60 valence electrons. The monoisotopic (exact) mass is 177 g/mol. The van der Waals surface area contributed by atoms with E-state index >= 15 is 0 Å². The molecule has 3 N–H and O–H groups in total. The van der Waals surface area contributed by atoms with Gasteiger partial charge in [0.25, 0.3) is 5.91 Å². The fourth-order valence-corrected chi connectivity index (χ4v) is 0.921. The number of aliphatic hydroxyl groups is 1. The molecule has 1 amide bonds. The van der Waals surface area contributed by atoms with Crippen molar-refractivity contribution < 1.29 is 14.3 Å². The van der Waals surface area contributed by atoms with Crippen molar-refractivity contribution in [1.29, 1.82) is 0 Å². The van der Waals surface area contributed by atoms with Crippen molar-refractivity contribution in [2.75, 3.05) is 0 Å². The van der Waals surface area contributed by atoms with Gasteiger partial charge >= 0.3 is 5.85 Å². The first-order valence-corrected chi connectivity index (χ1v) is 3.37. The maximum Gasteiger partial charge on any atom is 0.331 e. The van der Waals surface area contributed by atoms with E-state index in [0.717, 1.165) is 16.9 Å². The van der Waals surface area contributed by atoms with Gasteiger partial charge in [0.1, 0.15) is 5.69 Å². The van der Waals surface area contributed by atoms with Crippen LogP contribution in [0.4, 0.5) is 4.39 Å². The Bertz CT molecular complexity index is 260. The summed E-state index contributed by atoms with van der Waals surface area (Å²) >= 11 is 0.815. The predicted octanol–water partition coefficient (Wildman–Crippen LogP) is -0.862. The highest BCUT2D eigenvalue weighted by Crippen LogP contribution is 2.20. The van der Waals surface area contributed by atoms with Gasteiger partial charge in [-0.25, -0.2) is 0 Å². The molecule has 1 heterocycles. The number of amides is 1. The molecule has 0 aliphatic heterocycles. The number of nitrogens with two attached hydrogens (primary N) is 1. The van der Waals surface area contributed by atoms with Crippen LogP contribution in [-0.2, 0) is 10.6 Å². The fourth-order valence-electron chi connectivity index (χ4n) is 0.435. The van der Waals surface area contributed by atoms with Crippen LogP contribution in [0.1, 0.15) is 5.69 Å². The molecule has 1 atom stereocenters. The van der Waals surface area contributed by atoms with Crippen LogP contribution < -0.4 is 5.73 Å². The Kier molecular flexibility index (Phi) is 1.83. The summed E-state index contributed by atoms with van der Waals surface area (Å²) < 4.78 is 16.0. The van der Waals surface area contributed by atoms with E-state index in [9.17, 15) is 9.18 Å². The third kappa shape index (κ3) is 1.33. The summed E-state index contributed by atoms with van der Waals surface area (Å²) in [5.41, 5.74) is 4.06.